The molecule has 0 fully saturated rings. The van der Waals surface area contributed by atoms with Gasteiger partial charge in [-0.1, -0.05) is 29.8 Å². The molecule has 0 aliphatic carbocycles. The fourth-order valence-corrected chi connectivity index (χ4v) is 4.14. The van der Waals surface area contributed by atoms with Gasteiger partial charge in [-0.2, -0.15) is 0 Å². The van der Waals surface area contributed by atoms with Crippen LogP contribution in [0, 0.1) is 0 Å². The first-order chi connectivity index (χ1) is 11.3. The fourth-order valence-electron chi connectivity index (χ4n) is 2.91. The smallest absolute Gasteiger partial charge is 0.136 e. The van der Waals surface area contributed by atoms with E-state index in [0.29, 0.717) is 5.02 Å². The molecule has 2 nitrogen and oxygen atoms in total. The standard InChI is InChI=1S/C19H10ClNOS/c20-13-4-3-6-16-18(13)12-10-11(8-9-15(12)22-16)19-21-14-5-1-2-7-17(14)23-19/h1-10H. The van der Waals surface area contributed by atoms with E-state index in [2.05, 4.69) is 18.2 Å². The Hall–Kier alpha value is -2.36. The summed E-state index contributed by atoms with van der Waals surface area (Å²) in [4.78, 5) is 4.73. The van der Waals surface area contributed by atoms with Gasteiger partial charge in [-0.25, -0.2) is 4.98 Å². The van der Waals surface area contributed by atoms with Gasteiger partial charge in [-0.3, -0.25) is 0 Å². The largest absolute Gasteiger partial charge is 0.456 e. The van der Waals surface area contributed by atoms with Crippen molar-refractivity contribution in [2.75, 3.05) is 0 Å². The zero-order valence-electron chi connectivity index (χ0n) is 11.9. The third-order valence-electron chi connectivity index (χ3n) is 3.99. The molecule has 2 aromatic heterocycles. The molecule has 5 rings (SSSR count). The lowest BCUT2D eigenvalue weighted by molar-refractivity contribution is 0.669. The van der Waals surface area contributed by atoms with Crippen molar-refractivity contribution in [2.24, 2.45) is 0 Å². The predicted octanol–water partition coefficient (Wildman–Crippen LogP) is 6.52. The highest BCUT2D eigenvalue weighted by molar-refractivity contribution is 7.21. The first-order valence-electron chi connectivity index (χ1n) is 7.26. The van der Waals surface area contributed by atoms with E-state index in [1.54, 1.807) is 11.3 Å². The molecule has 0 bridgehead atoms. The van der Waals surface area contributed by atoms with Crippen molar-refractivity contribution in [1.82, 2.24) is 4.98 Å². The second kappa shape index (κ2) is 4.82. The van der Waals surface area contributed by atoms with Crippen LogP contribution in [-0.4, -0.2) is 4.98 Å². The monoisotopic (exact) mass is 335 g/mol. The number of fused-ring (bicyclic) bond motifs is 4. The van der Waals surface area contributed by atoms with Crippen molar-refractivity contribution in [3.05, 3.63) is 65.7 Å². The molecule has 0 N–H and O–H groups in total. The van der Waals surface area contributed by atoms with Crippen molar-refractivity contribution in [2.45, 2.75) is 0 Å². The number of para-hydroxylation sites is 1. The van der Waals surface area contributed by atoms with Crippen LogP contribution in [0.4, 0.5) is 0 Å². The highest BCUT2D eigenvalue weighted by Crippen LogP contribution is 2.37. The van der Waals surface area contributed by atoms with E-state index in [9.17, 15) is 0 Å². The maximum absolute atomic E-state index is 6.37. The Morgan fingerprint density at radius 2 is 1.83 bits per heavy atom. The van der Waals surface area contributed by atoms with Crippen LogP contribution in [0.15, 0.2) is 65.1 Å². The molecule has 0 radical (unpaired) electrons. The van der Waals surface area contributed by atoms with Gasteiger partial charge in [0.25, 0.3) is 0 Å². The van der Waals surface area contributed by atoms with Gasteiger partial charge in [-0.15, -0.1) is 11.3 Å². The molecule has 5 aromatic rings. The first-order valence-corrected chi connectivity index (χ1v) is 8.46. The van der Waals surface area contributed by atoms with Crippen LogP contribution in [0.25, 0.3) is 42.7 Å². The van der Waals surface area contributed by atoms with E-state index < -0.39 is 0 Å². The van der Waals surface area contributed by atoms with Crippen molar-refractivity contribution in [1.29, 1.82) is 0 Å². The van der Waals surface area contributed by atoms with Gasteiger partial charge in [0, 0.05) is 16.3 Å². The van der Waals surface area contributed by atoms with Gasteiger partial charge in [0.2, 0.25) is 0 Å². The van der Waals surface area contributed by atoms with E-state index in [4.69, 9.17) is 21.0 Å². The van der Waals surface area contributed by atoms with Gasteiger partial charge in [0.05, 0.1) is 15.2 Å². The molecule has 23 heavy (non-hydrogen) atoms. The number of hydrogen-bond acceptors (Lipinski definition) is 3. The lowest BCUT2D eigenvalue weighted by Gasteiger charge is -1.97. The molecule has 2 heterocycles. The van der Waals surface area contributed by atoms with E-state index in [1.165, 1.54) is 4.70 Å². The van der Waals surface area contributed by atoms with Crippen LogP contribution in [0.5, 0.6) is 0 Å². The third-order valence-corrected chi connectivity index (χ3v) is 5.39. The number of hydrogen-bond donors (Lipinski definition) is 0. The average molecular weight is 336 g/mol. The summed E-state index contributed by atoms with van der Waals surface area (Å²) in [6.07, 6.45) is 0. The first kappa shape index (κ1) is 13.1. The quantitative estimate of drug-likeness (QED) is 0.348. The normalized spacial score (nSPS) is 11.7. The van der Waals surface area contributed by atoms with Gasteiger partial charge in [0.15, 0.2) is 0 Å². The number of furan rings is 1. The van der Waals surface area contributed by atoms with Gasteiger partial charge >= 0.3 is 0 Å². The molecule has 3 aromatic carbocycles. The molecule has 0 unspecified atom stereocenters. The maximum Gasteiger partial charge on any atom is 0.136 e. The Kier molecular flexibility index (Phi) is 2.75. The summed E-state index contributed by atoms with van der Waals surface area (Å²) in [5.74, 6) is 0. The average Bonchev–Trinajstić information content (AvgIpc) is 3.15. The Balaban J connectivity index is 1.80. The van der Waals surface area contributed by atoms with E-state index >= 15 is 0 Å². The van der Waals surface area contributed by atoms with E-state index in [0.717, 1.165) is 38.0 Å². The maximum atomic E-state index is 6.37. The number of benzene rings is 3. The Morgan fingerprint density at radius 3 is 2.74 bits per heavy atom. The van der Waals surface area contributed by atoms with Gasteiger partial charge in [0.1, 0.15) is 16.2 Å². The minimum absolute atomic E-state index is 0.711. The zero-order chi connectivity index (χ0) is 15.4. The summed E-state index contributed by atoms with van der Waals surface area (Å²) in [7, 11) is 0. The molecule has 110 valence electrons. The zero-order valence-corrected chi connectivity index (χ0v) is 13.5. The predicted molar refractivity (Wildman–Crippen MR) is 97.3 cm³/mol. The number of halogens is 1. The Bertz CT molecular complexity index is 1160. The summed E-state index contributed by atoms with van der Waals surface area (Å²) in [5.41, 5.74) is 3.77. The summed E-state index contributed by atoms with van der Waals surface area (Å²) >= 11 is 8.06. The second-order valence-electron chi connectivity index (χ2n) is 5.41. The molecular formula is C19H10ClNOS. The van der Waals surface area contributed by atoms with Crippen LogP contribution in [0.1, 0.15) is 0 Å². The van der Waals surface area contributed by atoms with Crippen LogP contribution in [-0.2, 0) is 0 Å². The molecule has 0 amide bonds. The SMILES string of the molecule is Clc1cccc2oc3ccc(-c4nc5ccccc5s4)cc3c12. The van der Waals surface area contributed by atoms with Crippen LogP contribution in [0.2, 0.25) is 5.02 Å². The van der Waals surface area contributed by atoms with Crippen molar-refractivity contribution < 1.29 is 4.42 Å². The summed E-state index contributed by atoms with van der Waals surface area (Å²) in [6.45, 7) is 0. The molecular weight excluding hydrogens is 326 g/mol. The molecule has 0 saturated carbocycles. The molecule has 0 saturated heterocycles. The number of nitrogens with zero attached hydrogens (tertiary/aromatic N) is 1. The van der Waals surface area contributed by atoms with Crippen LogP contribution < -0.4 is 0 Å². The summed E-state index contributed by atoms with van der Waals surface area (Å²) in [6, 6.07) is 20.1. The van der Waals surface area contributed by atoms with E-state index in [1.807, 2.05) is 42.5 Å². The van der Waals surface area contributed by atoms with Gasteiger partial charge < -0.3 is 4.42 Å². The van der Waals surface area contributed by atoms with Crippen LogP contribution in [0.3, 0.4) is 0 Å². The number of aromatic nitrogens is 1. The van der Waals surface area contributed by atoms with Crippen LogP contribution >= 0.6 is 22.9 Å². The third kappa shape index (κ3) is 1.97. The lowest BCUT2D eigenvalue weighted by Crippen LogP contribution is -1.76. The summed E-state index contributed by atoms with van der Waals surface area (Å²) in [5, 5.41) is 3.71. The molecule has 0 spiro atoms. The molecule has 0 aliphatic rings. The molecule has 0 aliphatic heterocycles. The Morgan fingerprint density at radius 1 is 0.913 bits per heavy atom. The number of thiazole rings is 1. The minimum Gasteiger partial charge on any atom is -0.456 e. The van der Waals surface area contributed by atoms with Crippen molar-refractivity contribution in [3.63, 3.8) is 0 Å². The molecule has 0 atom stereocenters. The highest BCUT2D eigenvalue weighted by atomic mass is 35.5. The minimum atomic E-state index is 0.711. The van der Waals surface area contributed by atoms with Crippen molar-refractivity contribution >= 4 is 55.1 Å². The number of rotatable bonds is 1. The summed E-state index contributed by atoms with van der Waals surface area (Å²) < 4.78 is 7.07. The molecule has 4 heteroatoms. The fraction of sp³-hybridized carbons (Fsp3) is 0. The topological polar surface area (TPSA) is 26.0 Å². The van der Waals surface area contributed by atoms with Gasteiger partial charge in [-0.05, 0) is 42.5 Å². The lowest BCUT2D eigenvalue weighted by atomic mass is 10.1. The van der Waals surface area contributed by atoms with Crippen molar-refractivity contribution in [3.8, 4) is 10.6 Å². The Labute approximate surface area is 140 Å². The van der Waals surface area contributed by atoms with E-state index in [-0.39, 0.29) is 0 Å². The highest BCUT2D eigenvalue weighted by Gasteiger charge is 2.12. The second-order valence-corrected chi connectivity index (χ2v) is 6.85.